The van der Waals surface area contributed by atoms with Gasteiger partial charge in [-0.15, -0.1) is 10.2 Å². The summed E-state index contributed by atoms with van der Waals surface area (Å²) in [6.45, 7) is 4.56. The Morgan fingerprint density at radius 3 is 2.56 bits per heavy atom. The van der Waals surface area contributed by atoms with E-state index in [1.807, 2.05) is 43.3 Å². The molecule has 0 bridgehead atoms. The van der Waals surface area contributed by atoms with Crippen LogP contribution in [0.3, 0.4) is 0 Å². The molecule has 2 aromatic carbocycles. The second-order valence-corrected chi connectivity index (χ2v) is 8.21. The van der Waals surface area contributed by atoms with Crippen molar-refractivity contribution in [2.75, 3.05) is 13.7 Å². The summed E-state index contributed by atoms with van der Waals surface area (Å²) >= 11 is 0. The van der Waals surface area contributed by atoms with E-state index in [1.165, 1.54) is 11.1 Å². The lowest BCUT2D eigenvalue weighted by Crippen LogP contribution is -2.12. The average molecular weight is 457 g/mol. The van der Waals surface area contributed by atoms with E-state index in [9.17, 15) is 5.21 Å². The third-order valence-corrected chi connectivity index (χ3v) is 5.86. The number of nitrogens with zero attached hydrogens (tertiary/aromatic N) is 4. The minimum absolute atomic E-state index is 0.00503. The number of rotatable bonds is 9. The fourth-order valence-corrected chi connectivity index (χ4v) is 4.04. The maximum absolute atomic E-state index is 9.87. The highest BCUT2D eigenvalue weighted by Gasteiger charge is 2.21. The Morgan fingerprint density at radius 2 is 1.85 bits per heavy atom. The summed E-state index contributed by atoms with van der Waals surface area (Å²) in [5.74, 6) is 1.03. The van der Waals surface area contributed by atoms with Gasteiger partial charge in [-0.3, -0.25) is 4.98 Å². The lowest BCUT2D eigenvalue weighted by Gasteiger charge is -2.21. The minimum atomic E-state index is -0.00503. The van der Waals surface area contributed by atoms with Crippen LogP contribution >= 0.6 is 0 Å². The predicted octanol–water partition coefficient (Wildman–Crippen LogP) is 5.34. The van der Waals surface area contributed by atoms with Crippen LogP contribution in [0.2, 0.25) is 0 Å². The van der Waals surface area contributed by atoms with Crippen LogP contribution in [0.15, 0.2) is 76.4 Å². The first-order valence-electron chi connectivity index (χ1n) is 11.2. The van der Waals surface area contributed by atoms with Gasteiger partial charge in [0.15, 0.2) is 0 Å². The van der Waals surface area contributed by atoms with E-state index >= 15 is 0 Å². The summed E-state index contributed by atoms with van der Waals surface area (Å²) < 4.78 is 10.8. The molecule has 4 aromatic rings. The first-order valence-corrected chi connectivity index (χ1v) is 11.2. The number of ether oxygens (including phenoxy) is 1. The van der Waals surface area contributed by atoms with Crippen molar-refractivity contribution in [2.45, 2.75) is 32.6 Å². The van der Waals surface area contributed by atoms with Crippen molar-refractivity contribution in [3.05, 3.63) is 101 Å². The molecule has 0 aliphatic heterocycles. The zero-order valence-electron chi connectivity index (χ0n) is 19.6. The zero-order valence-corrected chi connectivity index (χ0v) is 19.6. The number of oxime groups is 1. The SMILES string of the molecule is COCCc1nnc(-c2ccc(C(C/C(=N/O)c3ccnc(C)c3)c3ccccc3C)cc2)o1. The fourth-order valence-electron chi connectivity index (χ4n) is 4.04. The molecule has 1 atom stereocenters. The normalized spacial score (nSPS) is 12.6. The monoisotopic (exact) mass is 456 g/mol. The molecule has 0 aliphatic carbocycles. The highest BCUT2D eigenvalue weighted by molar-refractivity contribution is 6.01. The Morgan fingerprint density at radius 1 is 1.06 bits per heavy atom. The molecule has 0 radical (unpaired) electrons. The minimum Gasteiger partial charge on any atom is -0.421 e. The van der Waals surface area contributed by atoms with Crippen molar-refractivity contribution in [2.24, 2.45) is 5.16 Å². The van der Waals surface area contributed by atoms with Gasteiger partial charge in [-0.25, -0.2) is 0 Å². The van der Waals surface area contributed by atoms with Crippen LogP contribution in [-0.4, -0.2) is 39.8 Å². The molecule has 174 valence electrons. The summed E-state index contributed by atoms with van der Waals surface area (Å²) in [5.41, 5.74) is 6.66. The number of pyridine rings is 1. The molecule has 7 heteroatoms. The van der Waals surface area contributed by atoms with Crippen molar-refractivity contribution in [1.29, 1.82) is 0 Å². The predicted molar refractivity (Wildman–Crippen MR) is 130 cm³/mol. The van der Waals surface area contributed by atoms with Gasteiger partial charge < -0.3 is 14.4 Å². The average Bonchev–Trinajstić information content (AvgIpc) is 3.33. The Balaban J connectivity index is 1.65. The summed E-state index contributed by atoms with van der Waals surface area (Å²) in [6, 6.07) is 20.2. The van der Waals surface area contributed by atoms with Gasteiger partial charge in [0.25, 0.3) is 0 Å². The molecule has 2 aromatic heterocycles. The van der Waals surface area contributed by atoms with Crippen LogP contribution in [0.25, 0.3) is 11.5 Å². The highest BCUT2D eigenvalue weighted by atomic mass is 16.5. The van der Waals surface area contributed by atoms with E-state index in [0.29, 0.717) is 36.9 Å². The fraction of sp³-hybridized carbons (Fsp3) is 0.259. The Hall–Kier alpha value is -3.84. The van der Waals surface area contributed by atoms with Gasteiger partial charge in [0.05, 0.1) is 12.3 Å². The van der Waals surface area contributed by atoms with E-state index in [2.05, 4.69) is 51.5 Å². The Labute approximate surface area is 199 Å². The topological polar surface area (TPSA) is 93.6 Å². The van der Waals surface area contributed by atoms with Crippen molar-refractivity contribution in [3.63, 3.8) is 0 Å². The van der Waals surface area contributed by atoms with Crippen LogP contribution in [0.5, 0.6) is 0 Å². The van der Waals surface area contributed by atoms with E-state index < -0.39 is 0 Å². The largest absolute Gasteiger partial charge is 0.421 e. The second kappa shape index (κ2) is 10.9. The van der Waals surface area contributed by atoms with Crippen LogP contribution in [0.1, 0.15) is 46.2 Å². The Kier molecular flexibility index (Phi) is 7.44. The lowest BCUT2D eigenvalue weighted by molar-refractivity contribution is 0.195. The molecule has 4 rings (SSSR count). The van der Waals surface area contributed by atoms with Gasteiger partial charge in [-0.1, -0.05) is 41.6 Å². The van der Waals surface area contributed by atoms with E-state index in [4.69, 9.17) is 9.15 Å². The summed E-state index contributed by atoms with van der Waals surface area (Å²) in [7, 11) is 1.64. The highest BCUT2D eigenvalue weighted by Crippen LogP contribution is 2.33. The molecule has 34 heavy (non-hydrogen) atoms. The zero-order chi connectivity index (χ0) is 23.9. The van der Waals surface area contributed by atoms with Crippen LogP contribution in [0, 0.1) is 13.8 Å². The summed E-state index contributed by atoms with van der Waals surface area (Å²) in [5, 5.41) is 21.8. The van der Waals surface area contributed by atoms with Crippen molar-refractivity contribution < 1.29 is 14.4 Å². The maximum atomic E-state index is 9.87. The molecule has 0 aliphatic rings. The maximum Gasteiger partial charge on any atom is 0.247 e. The summed E-state index contributed by atoms with van der Waals surface area (Å²) in [4.78, 5) is 4.26. The molecule has 7 nitrogen and oxygen atoms in total. The van der Waals surface area contributed by atoms with Gasteiger partial charge in [-0.2, -0.15) is 0 Å². The van der Waals surface area contributed by atoms with E-state index in [0.717, 1.165) is 22.4 Å². The van der Waals surface area contributed by atoms with Crippen LogP contribution in [0.4, 0.5) is 0 Å². The summed E-state index contributed by atoms with van der Waals surface area (Å²) in [6.07, 6.45) is 2.85. The molecule has 0 amide bonds. The quantitative estimate of drug-likeness (QED) is 0.208. The molecule has 0 spiro atoms. The molecule has 0 saturated carbocycles. The van der Waals surface area contributed by atoms with Crippen LogP contribution in [-0.2, 0) is 11.2 Å². The van der Waals surface area contributed by atoms with Crippen molar-refractivity contribution >= 4 is 5.71 Å². The smallest absolute Gasteiger partial charge is 0.247 e. The number of aryl methyl sites for hydroxylation is 2. The second-order valence-electron chi connectivity index (χ2n) is 8.21. The molecule has 2 heterocycles. The van der Waals surface area contributed by atoms with Gasteiger partial charge in [0, 0.05) is 48.9 Å². The molecule has 1 N–H and O–H groups in total. The number of benzene rings is 2. The molecule has 1 unspecified atom stereocenters. The molecular weight excluding hydrogens is 428 g/mol. The lowest BCUT2D eigenvalue weighted by atomic mass is 9.83. The first-order chi connectivity index (χ1) is 16.6. The molecular formula is C27H28N4O3. The van der Waals surface area contributed by atoms with Crippen LogP contribution < -0.4 is 0 Å². The molecule has 0 fully saturated rings. The first kappa shape index (κ1) is 23.3. The van der Waals surface area contributed by atoms with Gasteiger partial charge >= 0.3 is 0 Å². The van der Waals surface area contributed by atoms with E-state index in [-0.39, 0.29) is 5.92 Å². The third kappa shape index (κ3) is 5.38. The third-order valence-electron chi connectivity index (χ3n) is 5.86. The van der Waals surface area contributed by atoms with Gasteiger partial charge in [0.1, 0.15) is 0 Å². The number of hydrogen-bond acceptors (Lipinski definition) is 7. The van der Waals surface area contributed by atoms with Crippen molar-refractivity contribution in [3.8, 4) is 11.5 Å². The number of methoxy groups -OCH3 is 1. The number of hydrogen-bond donors (Lipinski definition) is 1. The molecule has 0 saturated heterocycles. The Bertz CT molecular complexity index is 1260. The van der Waals surface area contributed by atoms with E-state index in [1.54, 1.807) is 13.3 Å². The number of aromatic nitrogens is 3. The standard InChI is InChI=1S/C27H28N4O3/c1-18-6-4-5-7-23(18)24(17-25(31-32)22-12-14-28-19(2)16-22)20-8-10-21(11-9-20)27-30-29-26(34-27)13-15-33-3/h4-12,14,16,24,32H,13,15,17H2,1-3H3/b31-25-. The van der Waals surface area contributed by atoms with Gasteiger partial charge in [-0.05, 0) is 54.8 Å². The van der Waals surface area contributed by atoms with Gasteiger partial charge in [0.2, 0.25) is 11.8 Å². The van der Waals surface area contributed by atoms with Crippen molar-refractivity contribution in [1.82, 2.24) is 15.2 Å².